The van der Waals surface area contributed by atoms with Crippen LogP contribution in [-0.4, -0.2) is 50.1 Å². The fraction of sp³-hybridized carbons (Fsp3) is 0.357. The maximum Gasteiger partial charge on any atom is 0.387 e. The summed E-state index contributed by atoms with van der Waals surface area (Å²) in [6.07, 6.45) is 7.58. The van der Waals surface area contributed by atoms with Crippen molar-refractivity contribution in [3.05, 3.63) is 71.9 Å². The Hall–Kier alpha value is -4.08. The summed E-state index contributed by atoms with van der Waals surface area (Å²) in [7, 11) is 0. The van der Waals surface area contributed by atoms with Crippen molar-refractivity contribution in [1.29, 1.82) is 0 Å². The third-order valence-corrected chi connectivity index (χ3v) is 7.57. The van der Waals surface area contributed by atoms with Crippen LogP contribution in [0.2, 0.25) is 0 Å². The van der Waals surface area contributed by atoms with Crippen molar-refractivity contribution in [2.75, 3.05) is 18.0 Å². The first-order chi connectivity index (χ1) is 18.3. The topological polar surface area (TPSA) is 92.8 Å². The second-order valence-electron chi connectivity index (χ2n) is 9.65. The summed E-state index contributed by atoms with van der Waals surface area (Å²) in [6, 6.07) is 10.6. The number of halogens is 2. The molecule has 0 atom stereocenters. The van der Waals surface area contributed by atoms with Gasteiger partial charge in [0, 0.05) is 60.5 Å². The molecule has 3 aromatic heterocycles. The Labute approximate surface area is 218 Å². The van der Waals surface area contributed by atoms with Crippen LogP contribution in [0.3, 0.4) is 0 Å². The summed E-state index contributed by atoms with van der Waals surface area (Å²) < 4.78 is 32.5. The van der Waals surface area contributed by atoms with Gasteiger partial charge >= 0.3 is 12.6 Å². The number of aliphatic carboxylic acids is 1. The Kier molecular flexibility index (Phi) is 6.96. The number of imidazole rings is 1. The molecule has 0 saturated carbocycles. The molecule has 0 spiro atoms. The largest absolute Gasteiger partial charge is 0.481 e. The summed E-state index contributed by atoms with van der Waals surface area (Å²) in [6.45, 7) is 2.12. The van der Waals surface area contributed by atoms with Crippen molar-refractivity contribution in [1.82, 2.24) is 19.4 Å². The number of carboxylic acids is 1. The minimum absolute atomic E-state index is 0.147. The van der Waals surface area contributed by atoms with Gasteiger partial charge in [-0.25, -0.2) is 15.0 Å². The van der Waals surface area contributed by atoms with Crippen LogP contribution in [0.5, 0.6) is 5.75 Å². The van der Waals surface area contributed by atoms with E-state index in [2.05, 4.69) is 15.0 Å². The summed E-state index contributed by atoms with van der Waals surface area (Å²) in [5, 5.41) is 9.64. The maximum absolute atomic E-state index is 12.9. The molecule has 10 heteroatoms. The van der Waals surface area contributed by atoms with E-state index in [1.54, 1.807) is 30.6 Å². The first kappa shape index (κ1) is 25.6. The molecule has 0 bridgehead atoms. The lowest BCUT2D eigenvalue weighted by molar-refractivity contribution is -0.150. The molecule has 1 N–H and O–H groups in total. The Morgan fingerprint density at radius 2 is 1.82 bits per heavy atom. The number of rotatable bonds is 8. The Morgan fingerprint density at radius 1 is 1.11 bits per heavy atom. The number of aryl methyl sites for hydroxylation is 1. The van der Waals surface area contributed by atoms with Crippen molar-refractivity contribution in [3.8, 4) is 16.9 Å². The molecule has 38 heavy (non-hydrogen) atoms. The number of nitrogens with zero attached hydrogens (tertiary/aromatic N) is 5. The number of anilines is 1. The zero-order valence-electron chi connectivity index (χ0n) is 21.3. The van der Waals surface area contributed by atoms with Gasteiger partial charge < -0.3 is 19.1 Å². The molecule has 1 aliphatic rings. The molecule has 0 aliphatic carbocycles. The number of alkyl halides is 2. The minimum atomic E-state index is -2.90. The third kappa shape index (κ3) is 4.90. The summed E-state index contributed by atoms with van der Waals surface area (Å²) in [5.74, 6) is -0.000544. The molecular weight excluding hydrogens is 492 g/mol. The fourth-order valence-corrected chi connectivity index (χ4v) is 5.12. The Morgan fingerprint density at radius 3 is 2.47 bits per heavy atom. The smallest absolute Gasteiger partial charge is 0.387 e. The SMILES string of the molecule is CCC1(C(=O)O)CCN(c2ncc(-c3ccc4nc(C)c(Cc5ccccc5OC(F)F)n4c3)cn2)CC1. The standard InChI is InChI=1S/C28H29F2N5O3/c1-3-28(25(36)37)10-12-34(13-11-28)27-31-15-21(16-32-27)20-8-9-24-33-18(2)22(35(24)17-20)14-19-6-4-5-7-23(19)38-26(29)30/h4-9,15-17,26H,3,10-14H2,1-2H3,(H,36,37). The fourth-order valence-electron chi connectivity index (χ4n) is 5.12. The number of ether oxygens (including phenoxy) is 1. The van der Waals surface area contributed by atoms with Gasteiger partial charge in [-0.2, -0.15) is 8.78 Å². The molecule has 0 amide bonds. The van der Waals surface area contributed by atoms with Gasteiger partial charge in [-0.3, -0.25) is 4.79 Å². The lowest BCUT2D eigenvalue weighted by atomic mass is 9.76. The van der Waals surface area contributed by atoms with E-state index in [0.29, 0.717) is 50.3 Å². The second-order valence-corrected chi connectivity index (χ2v) is 9.65. The number of hydrogen-bond acceptors (Lipinski definition) is 6. The monoisotopic (exact) mass is 521 g/mol. The van der Waals surface area contributed by atoms with Crippen LogP contribution in [0.15, 0.2) is 55.0 Å². The van der Waals surface area contributed by atoms with Gasteiger partial charge in [0.15, 0.2) is 0 Å². The van der Waals surface area contributed by atoms with E-state index in [-0.39, 0.29) is 5.75 Å². The highest BCUT2D eigenvalue weighted by Gasteiger charge is 2.40. The van der Waals surface area contributed by atoms with E-state index < -0.39 is 18.0 Å². The lowest BCUT2D eigenvalue weighted by Crippen LogP contribution is -2.44. The average Bonchev–Trinajstić information content (AvgIpc) is 3.23. The lowest BCUT2D eigenvalue weighted by Gasteiger charge is -2.38. The molecule has 198 valence electrons. The van der Waals surface area contributed by atoms with Gasteiger partial charge in [0.1, 0.15) is 11.4 Å². The average molecular weight is 522 g/mol. The van der Waals surface area contributed by atoms with Crippen LogP contribution in [0, 0.1) is 12.3 Å². The molecule has 1 aliphatic heterocycles. The van der Waals surface area contributed by atoms with Crippen molar-refractivity contribution < 1.29 is 23.4 Å². The van der Waals surface area contributed by atoms with E-state index in [0.717, 1.165) is 28.2 Å². The summed E-state index contributed by atoms with van der Waals surface area (Å²) in [4.78, 5) is 27.5. The molecule has 0 radical (unpaired) electrons. The molecular formula is C28H29F2N5O3. The predicted molar refractivity (Wildman–Crippen MR) is 139 cm³/mol. The first-order valence-corrected chi connectivity index (χ1v) is 12.6. The molecule has 0 unspecified atom stereocenters. The van der Waals surface area contributed by atoms with Crippen LogP contribution < -0.4 is 9.64 Å². The van der Waals surface area contributed by atoms with Gasteiger partial charge in [0.2, 0.25) is 5.95 Å². The maximum atomic E-state index is 12.9. The van der Waals surface area contributed by atoms with E-state index in [9.17, 15) is 18.7 Å². The van der Waals surface area contributed by atoms with Gasteiger partial charge in [-0.1, -0.05) is 25.1 Å². The zero-order valence-corrected chi connectivity index (χ0v) is 21.3. The van der Waals surface area contributed by atoms with Crippen molar-refractivity contribution in [3.63, 3.8) is 0 Å². The number of pyridine rings is 1. The highest BCUT2D eigenvalue weighted by Crippen LogP contribution is 2.36. The number of carboxylic acid groups (broad SMARTS) is 1. The molecule has 1 aromatic carbocycles. The Bertz CT molecular complexity index is 1450. The van der Waals surface area contributed by atoms with Crippen molar-refractivity contribution >= 4 is 17.6 Å². The predicted octanol–water partition coefficient (Wildman–Crippen LogP) is 5.37. The van der Waals surface area contributed by atoms with Gasteiger partial charge in [0.05, 0.1) is 11.1 Å². The van der Waals surface area contributed by atoms with Gasteiger partial charge in [-0.05, 0) is 44.4 Å². The number of para-hydroxylation sites is 1. The Balaban J connectivity index is 1.38. The van der Waals surface area contributed by atoms with Crippen LogP contribution in [-0.2, 0) is 11.2 Å². The van der Waals surface area contributed by atoms with E-state index in [1.165, 1.54) is 6.07 Å². The van der Waals surface area contributed by atoms with E-state index in [1.807, 2.05) is 41.5 Å². The van der Waals surface area contributed by atoms with Crippen LogP contribution in [0.25, 0.3) is 16.8 Å². The number of benzene rings is 1. The third-order valence-electron chi connectivity index (χ3n) is 7.57. The molecule has 4 aromatic rings. The molecule has 1 saturated heterocycles. The second kappa shape index (κ2) is 10.4. The van der Waals surface area contributed by atoms with Gasteiger partial charge in [-0.15, -0.1) is 0 Å². The number of carbonyl (C=O) groups is 1. The van der Waals surface area contributed by atoms with E-state index >= 15 is 0 Å². The molecule has 5 rings (SSSR count). The highest BCUT2D eigenvalue weighted by molar-refractivity contribution is 5.75. The molecule has 1 fully saturated rings. The quantitative estimate of drug-likeness (QED) is 0.333. The number of hydrogen-bond donors (Lipinski definition) is 1. The highest BCUT2D eigenvalue weighted by atomic mass is 19.3. The first-order valence-electron chi connectivity index (χ1n) is 12.6. The van der Waals surface area contributed by atoms with E-state index in [4.69, 9.17) is 4.74 Å². The molecule has 4 heterocycles. The van der Waals surface area contributed by atoms with Crippen molar-refractivity contribution in [2.45, 2.75) is 46.1 Å². The van der Waals surface area contributed by atoms with Crippen LogP contribution >= 0.6 is 0 Å². The summed E-state index contributed by atoms with van der Waals surface area (Å²) in [5.41, 5.74) is 4.10. The number of aromatic nitrogens is 4. The van der Waals surface area contributed by atoms with Crippen molar-refractivity contribution in [2.24, 2.45) is 5.41 Å². The molecule has 8 nitrogen and oxygen atoms in total. The summed E-state index contributed by atoms with van der Waals surface area (Å²) >= 11 is 0. The minimum Gasteiger partial charge on any atom is -0.481 e. The number of fused-ring (bicyclic) bond motifs is 1. The van der Waals surface area contributed by atoms with Gasteiger partial charge in [0.25, 0.3) is 0 Å². The normalized spacial score (nSPS) is 15.2. The zero-order chi connectivity index (χ0) is 26.9. The van der Waals surface area contributed by atoms with Crippen LogP contribution in [0.1, 0.15) is 43.1 Å². The number of piperidine rings is 1. The van der Waals surface area contributed by atoms with Crippen LogP contribution in [0.4, 0.5) is 14.7 Å².